The van der Waals surface area contributed by atoms with Crippen LogP contribution in [0.15, 0.2) is 48.5 Å². The fraction of sp³-hybridized carbons (Fsp3) is 0.222. The predicted octanol–water partition coefficient (Wildman–Crippen LogP) is 2.40. The van der Waals surface area contributed by atoms with E-state index in [2.05, 4.69) is 17.4 Å². The van der Waals surface area contributed by atoms with Crippen LogP contribution in [0.3, 0.4) is 0 Å². The van der Waals surface area contributed by atoms with E-state index >= 15 is 0 Å². The third kappa shape index (κ3) is 2.96. The Balaban J connectivity index is 1.76. The van der Waals surface area contributed by atoms with Crippen molar-refractivity contribution in [1.82, 2.24) is 5.32 Å². The summed E-state index contributed by atoms with van der Waals surface area (Å²) in [5, 5.41) is 2.32. The lowest BCUT2D eigenvalue weighted by Gasteiger charge is -2.16. The summed E-state index contributed by atoms with van der Waals surface area (Å²) in [5.74, 6) is -0.333. The third-order valence-corrected chi connectivity index (χ3v) is 4.06. The molecule has 0 heterocycles. The van der Waals surface area contributed by atoms with E-state index in [1.54, 1.807) is 0 Å². The number of nitrogens with two attached hydrogens (primary N) is 1. The first-order chi connectivity index (χ1) is 11.1. The summed E-state index contributed by atoms with van der Waals surface area (Å²) in [7, 11) is 0. The molecule has 0 aromatic heterocycles. The number of ether oxygens (including phenoxy) is 1. The van der Waals surface area contributed by atoms with Crippen molar-refractivity contribution < 1.29 is 14.3 Å². The highest BCUT2D eigenvalue weighted by molar-refractivity contribution is 5.84. The zero-order valence-electron chi connectivity index (χ0n) is 12.8. The Morgan fingerprint density at radius 1 is 1.09 bits per heavy atom. The van der Waals surface area contributed by atoms with Crippen molar-refractivity contribution in [2.75, 3.05) is 6.61 Å². The molecule has 1 amide bonds. The molecule has 23 heavy (non-hydrogen) atoms. The maximum Gasteiger partial charge on any atom is 0.408 e. The van der Waals surface area contributed by atoms with Gasteiger partial charge in [0, 0.05) is 5.92 Å². The maximum atomic E-state index is 11.8. The first-order valence-corrected chi connectivity index (χ1v) is 7.45. The molecule has 1 aliphatic carbocycles. The molecule has 0 spiro atoms. The van der Waals surface area contributed by atoms with Gasteiger partial charge in [-0.2, -0.15) is 0 Å². The van der Waals surface area contributed by atoms with Gasteiger partial charge in [-0.3, -0.25) is 10.1 Å². The number of fused-ring (bicyclic) bond motifs is 3. The second kappa shape index (κ2) is 6.22. The van der Waals surface area contributed by atoms with Gasteiger partial charge < -0.3 is 10.5 Å². The molecule has 2 aromatic carbocycles. The van der Waals surface area contributed by atoms with Crippen molar-refractivity contribution in [3.8, 4) is 11.1 Å². The van der Waals surface area contributed by atoms with E-state index in [4.69, 9.17) is 10.5 Å². The van der Waals surface area contributed by atoms with Gasteiger partial charge in [0.1, 0.15) is 12.8 Å². The van der Waals surface area contributed by atoms with Crippen molar-refractivity contribution in [2.24, 2.45) is 5.73 Å². The lowest BCUT2D eigenvalue weighted by molar-refractivity contribution is -0.118. The van der Waals surface area contributed by atoms with E-state index in [0.29, 0.717) is 0 Å². The smallest absolute Gasteiger partial charge is 0.408 e. The average Bonchev–Trinajstić information content (AvgIpc) is 2.87. The first kappa shape index (κ1) is 15.2. The minimum atomic E-state index is -1.04. The van der Waals surface area contributed by atoms with Gasteiger partial charge >= 0.3 is 6.09 Å². The van der Waals surface area contributed by atoms with Crippen molar-refractivity contribution in [2.45, 2.75) is 19.0 Å². The van der Waals surface area contributed by atoms with Crippen molar-refractivity contribution in [3.05, 3.63) is 59.7 Å². The summed E-state index contributed by atoms with van der Waals surface area (Å²) in [6.45, 7) is 1.51. The third-order valence-electron chi connectivity index (χ3n) is 4.06. The SMILES string of the molecule is CC(=O)C(N)NC(=O)OCC1c2ccccc2-c2ccccc21. The van der Waals surface area contributed by atoms with Crippen LogP contribution < -0.4 is 11.1 Å². The van der Waals surface area contributed by atoms with Gasteiger partial charge in [0.25, 0.3) is 0 Å². The van der Waals surface area contributed by atoms with E-state index in [-0.39, 0.29) is 18.3 Å². The average molecular weight is 310 g/mol. The largest absolute Gasteiger partial charge is 0.449 e. The van der Waals surface area contributed by atoms with Crippen LogP contribution in [-0.4, -0.2) is 24.6 Å². The summed E-state index contributed by atoms with van der Waals surface area (Å²) in [6.07, 6.45) is -1.72. The summed E-state index contributed by atoms with van der Waals surface area (Å²) >= 11 is 0. The fourth-order valence-corrected chi connectivity index (χ4v) is 2.87. The molecule has 5 nitrogen and oxygen atoms in total. The molecule has 0 radical (unpaired) electrons. The molecule has 0 fully saturated rings. The van der Waals surface area contributed by atoms with Crippen LogP contribution in [0.1, 0.15) is 24.0 Å². The van der Waals surface area contributed by atoms with Crippen LogP contribution in [0.2, 0.25) is 0 Å². The summed E-state index contributed by atoms with van der Waals surface area (Å²) < 4.78 is 5.28. The van der Waals surface area contributed by atoms with E-state index in [9.17, 15) is 9.59 Å². The zero-order chi connectivity index (χ0) is 16.4. The number of amides is 1. The second-order valence-electron chi connectivity index (χ2n) is 5.56. The van der Waals surface area contributed by atoms with Crippen LogP contribution in [0, 0.1) is 0 Å². The van der Waals surface area contributed by atoms with Crippen LogP contribution in [-0.2, 0) is 9.53 Å². The molecule has 5 heteroatoms. The number of rotatable bonds is 4. The van der Waals surface area contributed by atoms with E-state index in [1.807, 2.05) is 36.4 Å². The van der Waals surface area contributed by atoms with Crippen molar-refractivity contribution >= 4 is 11.9 Å². The van der Waals surface area contributed by atoms with Gasteiger partial charge in [0.05, 0.1) is 0 Å². The molecule has 118 valence electrons. The molecule has 0 aliphatic heterocycles. The normalized spacial score (nSPS) is 13.8. The highest BCUT2D eigenvalue weighted by Crippen LogP contribution is 2.44. The fourth-order valence-electron chi connectivity index (χ4n) is 2.87. The Morgan fingerprint density at radius 3 is 2.13 bits per heavy atom. The number of carbonyl (C=O) groups is 2. The lowest BCUT2D eigenvalue weighted by atomic mass is 9.98. The van der Waals surface area contributed by atoms with Crippen LogP contribution >= 0.6 is 0 Å². The number of hydrogen-bond donors (Lipinski definition) is 2. The molecule has 1 atom stereocenters. The molecule has 0 saturated carbocycles. The number of carbonyl (C=O) groups excluding carboxylic acids is 2. The van der Waals surface area contributed by atoms with Gasteiger partial charge in [-0.15, -0.1) is 0 Å². The highest BCUT2D eigenvalue weighted by atomic mass is 16.5. The molecule has 0 saturated heterocycles. The predicted molar refractivity (Wildman–Crippen MR) is 86.9 cm³/mol. The molecule has 1 aliphatic rings. The molecular formula is C18H18N2O3. The molecule has 3 N–H and O–H groups in total. The van der Waals surface area contributed by atoms with Gasteiger partial charge in [0.2, 0.25) is 0 Å². The standard InChI is InChI=1S/C18H18N2O3/c1-11(21)17(19)20-18(22)23-10-16-14-8-4-2-6-12(14)13-7-3-5-9-15(13)16/h2-9,16-17H,10,19H2,1H3,(H,20,22). The van der Waals surface area contributed by atoms with Crippen molar-refractivity contribution in [3.63, 3.8) is 0 Å². The highest BCUT2D eigenvalue weighted by Gasteiger charge is 2.29. The van der Waals surface area contributed by atoms with Gasteiger partial charge in [-0.25, -0.2) is 4.79 Å². The van der Waals surface area contributed by atoms with E-state index in [1.165, 1.54) is 6.92 Å². The lowest BCUT2D eigenvalue weighted by Crippen LogP contribution is -2.46. The maximum absolute atomic E-state index is 11.8. The van der Waals surface area contributed by atoms with Crippen LogP contribution in [0.5, 0.6) is 0 Å². The number of hydrogen-bond acceptors (Lipinski definition) is 4. The Hall–Kier alpha value is -2.66. The minimum Gasteiger partial charge on any atom is -0.449 e. The quantitative estimate of drug-likeness (QED) is 0.850. The molecule has 3 rings (SSSR count). The van der Waals surface area contributed by atoms with Crippen LogP contribution in [0.25, 0.3) is 11.1 Å². The monoisotopic (exact) mass is 310 g/mol. The summed E-state index contributed by atoms with van der Waals surface area (Å²) in [6, 6.07) is 16.2. The van der Waals surface area contributed by atoms with E-state index < -0.39 is 12.3 Å². The van der Waals surface area contributed by atoms with Crippen molar-refractivity contribution in [1.29, 1.82) is 0 Å². The Kier molecular flexibility index (Phi) is 4.12. The molecule has 1 unspecified atom stereocenters. The van der Waals surface area contributed by atoms with Gasteiger partial charge in [-0.1, -0.05) is 48.5 Å². The number of alkyl carbamates (subject to hydrolysis) is 1. The molecule has 2 aromatic rings. The Labute approximate surface area is 134 Å². The molecule has 0 bridgehead atoms. The Bertz CT molecular complexity index is 712. The molecular weight excluding hydrogens is 292 g/mol. The van der Waals surface area contributed by atoms with Gasteiger partial charge in [-0.05, 0) is 29.2 Å². The number of Topliss-reactive ketones (excluding diaryl/α,β-unsaturated/α-hetero) is 1. The second-order valence-corrected chi connectivity index (χ2v) is 5.56. The number of benzene rings is 2. The summed E-state index contributed by atoms with van der Waals surface area (Å²) in [5.41, 5.74) is 10.1. The van der Waals surface area contributed by atoms with Crippen LogP contribution in [0.4, 0.5) is 4.79 Å². The topological polar surface area (TPSA) is 81.4 Å². The van der Waals surface area contributed by atoms with Gasteiger partial charge in [0.15, 0.2) is 5.78 Å². The summed E-state index contributed by atoms with van der Waals surface area (Å²) in [4.78, 5) is 22.8. The number of ketones is 1. The van der Waals surface area contributed by atoms with E-state index in [0.717, 1.165) is 22.3 Å². The minimum absolute atomic E-state index is 0.0123. The number of nitrogens with one attached hydrogen (secondary N) is 1. The Morgan fingerprint density at radius 2 is 1.61 bits per heavy atom. The first-order valence-electron chi connectivity index (χ1n) is 7.45. The zero-order valence-corrected chi connectivity index (χ0v) is 12.8.